The zero-order chi connectivity index (χ0) is 27.4. The van der Waals surface area contributed by atoms with E-state index in [1.54, 1.807) is 30.3 Å². The third-order valence-electron chi connectivity index (χ3n) is 7.03. The summed E-state index contributed by atoms with van der Waals surface area (Å²) in [6, 6.07) is 20.9. The summed E-state index contributed by atoms with van der Waals surface area (Å²) in [6.07, 6.45) is -1.18. The molecule has 2 aliphatic rings. The number of hydrogen-bond donors (Lipinski definition) is 1. The van der Waals surface area contributed by atoms with Crippen LogP contribution < -0.4 is 14.7 Å². The van der Waals surface area contributed by atoms with Gasteiger partial charge in [0, 0.05) is 17.5 Å². The van der Waals surface area contributed by atoms with Gasteiger partial charge in [-0.25, -0.2) is 9.96 Å². The number of amides is 2. The van der Waals surface area contributed by atoms with Crippen LogP contribution in [0.3, 0.4) is 0 Å². The fourth-order valence-corrected chi connectivity index (χ4v) is 5.74. The molecule has 0 unspecified atom stereocenters. The molecule has 2 fully saturated rings. The van der Waals surface area contributed by atoms with E-state index < -0.39 is 34.8 Å². The third-order valence-corrected chi connectivity index (χ3v) is 7.63. The van der Waals surface area contributed by atoms with Gasteiger partial charge < -0.3 is 9.84 Å². The van der Waals surface area contributed by atoms with E-state index in [-0.39, 0.29) is 17.2 Å². The second kappa shape index (κ2) is 9.37. The summed E-state index contributed by atoms with van der Waals surface area (Å²) in [6.45, 7) is 0. The van der Waals surface area contributed by atoms with Gasteiger partial charge in [-0.15, -0.1) is 0 Å². The van der Waals surface area contributed by atoms with E-state index in [0.29, 0.717) is 21.4 Å². The average Bonchev–Trinajstić information content (AvgIpc) is 3.45. The van der Waals surface area contributed by atoms with Gasteiger partial charge in [0.25, 0.3) is 11.6 Å². The molecule has 0 spiro atoms. The van der Waals surface area contributed by atoms with Crippen molar-refractivity contribution in [3.8, 4) is 11.5 Å². The number of ether oxygens (including phenoxy) is 1. The monoisotopic (exact) mass is 589 g/mol. The predicted molar refractivity (Wildman–Crippen MR) is 145 cm³/mol. The van der Waals surface area contributed by atoms with Crippen molar-refractivity contribution in [2.45, 2.75) is 12.1 Å². The first-order valence-electron chi connectivity index (χ1n) is 11.9. The van der Waals surface area contributed by atoms with Crippen molar-refractivity contribution in [3.63, 3.8) is 0 Å². The summed E-state index contributed by atoms with van der Waals surface area (Å²) < 4.78 is 5.63. The maximum Gasteiger partial charge on any atom is 0.271 e. The largest absolute Gasteiger partial charge is 0.503 e. The van der Waals surface area contributed by atoms with E-state index >= 15 is 0 Å². The predicted octanol–water partition coefficient (Wildman–Crippen LogP) is 5.28. The first-order chi connectivity index (χ1) is 18.8. The van der Waals surface area contributed by atoms with Crippen LogP contribution in [0.4, 0.5) is 17.1 Å². The highest BCUT2D eigenvalue weighted by Crippen LogP contribution is 2.50. The fraction of sp³-hybridized carbons (Fsp3) is 0.143. The van der Waals surface area contributed by atoms with Gasteiger partial charge in [0.05, 0.1) is 33.9 Å². The highest BCUT2D eigenvalue weighted by molar-refractivity contribution is 9.10. The molecule has 196 valence electrons. The Labute approximate surface area is 230 Å². The van der Waals surface area contributed by atoms with Crippen molar-refractivity contribution in [1.29, 1.82) is 0 Å². The number of carbonyl (C=O) groups is 2. The molecule has 11 heteroatoms. The Kier molecular flexibility index (Phi) is 5.96. The number of nitro groups is 1. The number of carbonyl (C=O) groups excluding carboxylic acids is 2. The van der Waals surface area contributed by atoms with E-state index in [4.69, 9.17) is 9.57 Å². The van der Waals surface area contributed by atoms with Crippen LogP contribution in [0.25, 0.3) is 10.8 Å². The molecule has 4 aromatic rings. The van der Waals surface area contributed by atoms with Crippen molar-refractivity contribution in [3.05, 3.63) is 99.0 Å². The van der Waals surface area contributed by atoms with Crippen LogP contribution in [-0.4, -0.2) is 35.1 Å². The van der Waals surface area contributed by atoms with Gasteiger partial charge in [0.15, 0.2) is 17.6 Å². The van der Waals surface area contributed by atoms with E-state index in [0.717, 1.165) is 15.7 Å². The summed E-state index contributed by atoms with van der Waals surface area (Å²) in [4.78, 5) is 46.1. The molecule has 39 heavy (non-hydrogen) atoms. The summed E-state index contributed by atoms with van der Waals surface area (Å²) >= 11 is 3.33. The summed E-state index contributed by atoms with van der Waals surface area (Å²) in [5.74, 6) is -1.99. The lowest BCUT2D eigenvalue weighted by Gasteiger charge is -2.29. The molecule has 0 saturated carbocycles. The van der Waals surface area contributed by atoms with Gasteiger partial charge in [-0.1, -0.05) is 42.5 Å². The first kappa shape index (κ1) is 24.8. The molecule has 2 amide bonds. The lowest BCUT2D eigenvalue weighted by Crippen LogP contribution is -2.37. The Morgan fingerprint density at radius 1 is 1.00 bits per heavy atom. The lowest BCUT2D eigenvalue weighted by molar-refractivity contribution is -0.384. The number of nitro benzene ring substituents is 1. The molecule has 10 nitrogen and oxygen atoms in total. The van der Waals surface area contributed by atoms with Gasteiger partial charge in [-0.3, -0.25) is 24.5 Å². The van der Waals surface area contributed by atoms with E-state index in [2.05, 4.69) is 15.9 Å². The minimum Gasteiger partial charge on any atom is -0.503 e. The van der Waals surface area contributed by atoms with Crippen molar-refractivity contribution in [1.82, 2.24) is 0 Å². The zero-order valence-electron chi connectivity index (χ0n) is 20.4. The van der Waals surface area contributed by atoms with Crippen LogP contribution in [-0.2, 0) is 14.4 Å². The first-order valence-corrected chi connectivity index (χ1v) is 12.7. The Morgan fingerprint density at radius 2 is 1.74 bits per heavy atom. The Bertz CT molecular complexity index is 1670. The Balaban J connectivity index is 1.50. The summed E-state index contributed by atoms with van der Waals surface area (Å²) in [5.41, 5.74) is 1.07. The molecule has 0 bridgehead atoms. The number of anilines is 2. The highest BCUT2D eigenvalue weighted by Gasteiger charge is 2.60. The second-order valence-electron chi connectivity index (χ2n) is 9.16. The number of phenolic OH excluding ortho intramolecular Hbond substituents is 1. The fourth-order valence-electron chi connectivity index (χ4n) is 5.28. The van der Waals surface area contributed by atoms with Crippen LogP contribution in [0.5, 0.6) is 11.5 Å². The van der Waals surface area contributed by atoms with Gasteiger partial charge >= 0.3 is 0 Å². The normalized spacial score (nSPS) is 20.5. The number of methoxy groups -OCH3 is 1. The van der Waals surface area contributed by atoms with Crippen molar-refractivity contribution < 1.29 is 29.2 Å². The zero-order valence-corrected chi connectivity index (χ0v) is 21.9. The number of benzene rings is 4. The number of hydroxylamine groups is 1. The maximum atomic E-state index is 14.1. The lowest BCUT2D eigenvalue weighted by atomic mass is 9.90. The molecule has 2 aliphatic heterocycles. The SMILES string of the molecule is COc1cc([C@@H]2[C@H]3C(=O)N(c4cccc5ccccc45)C(=O)[C@H]3ON2c2cccc([N+](=O)[O-])c2)cc(Br)c1O. The molecule has 0 aliphatic carbocycles. The molecule has 3 atom stereocenters. The van der Waals surface area contributed by atoms with E-state index in [9.17, 15) is 24.8 Å². The number of rotatable bonds is 5. The van der Waals surface area contributed by atoms with Crippen LogP contribution in [0.1, 0.15) is 11.6 Å². The average molecular weight is 590 g/mol. The number of halogens is 1. The maximum absolute atomic E-state index is 14.1. The topological polar surface area (TPSA) is 122 Å². The van der Waals surface area contributed by atoms with Crippen molar-refractivity contribution in [2.24, 2.45) is 5.92 Å². The summed E-state index contributed by atoms with van der Waals surface area (Å²) in [5, 5.41) is 24.8. The van der Waals surface area contributed by atoms with Crippen LogP contribution >= 0.6 is 15.9 Å². The minimum atomic E-state index is -1.18. The number of aromatic hydroxyl groups is 1. The quantitative estimate of drug-likeness (QED) is 0.189. The number of fused-ring (bicyclic) bond motifs is 2. The Morgan fingerprint density at radius 3 is 2.51 bits per heavy atom. The van der Waals surface area contributed by atoms with Gasteiger partial charge in [0.2, 0.25) is 5.91 Å². The standard InChI is InChI=1S/C28H20BrN3O7/c1-38-22-13-16(12-20(29)25(22)33)24-23-26(39-31(24)17-8-5-9-18(14-17)32(36)37)28(35)30(27(23)34)21-11-4-7-15-6-2-3-10-19(15)21/h2-14,23-24,26,33H,1H3/t23-,24-,26+/m1/s1. The highest BCUT2D eigenvalue weighted by atomic mass is 79.9. The van der Waals surface area contributed by atoms with E-state index in [1.165, 1.54) is 30.4 Å². The molecule has 6 rings (SSSR count). The molecular formula is C28H20BrN3O7. The number of nitrogens with zero attached hydrogens (tertiary/aromatic N) is 3. The van der Waals surface area contributed by atoms with Crippen LogP contribution in [0, 0.1) is 16.0 Å². The number of non-ortho nitro benzene ring substituents is 1. The van der Waals surface area contributed by atoms with Crippen molar-refractivity contribution >= 4 is 55.6 Å². The second-order valence-corrected chi connectivity index (χ2v) is 10.0. The van der Waals surface area contributed by atoms with Crippen molar-refractivity contribution in [2.75, 3.05) is 17.1 Å². The van der Waals surface area contributed by atoms with Crippen LogP contribution in [0.15, 0.2) is 83.3 Å². The smallest absolute Gasteiger partial charge is 0.271 e. The minimum absolute atomic E-state index is 0.134. The van der Waals surface area contributed by atoms with Gasteiger partial charge in [-0.2, -0.15) is 0 Å². The molecule has 0 radical (unpaired) electrons. The number of phenols is 1. The van der Waals surface area contributed by atoms with Gasteiger partial charge in [0.1, 0.15) is 5.92 Å². The third kappa shape index (κ3) is 3.89. The molecule has 1 N–H and O–H groups in total. The molecule has 4 aromatic carbocycles. The number of hydrogen-bond acceptors (Lipinski definition) is 8. The van der Waals surface area contributed by atoms with E-state index in [1.807, 2.05) is 30.3 Å². The molecule has 2 heterocycles. The molecule has 0 aromatic heterocycles. The van der Waals surface area contributed by atoms with Gasteiger partial charge in [-0.05, 0) is 51.1 Å². The summed E-state index contributed by atoms with van der Waals surface area (Å²) in [7, 11) is 1.39. The molecular weight excluding hydrogens is 570 g/mol. The number of imide groups is 1. The van der Waals surface area contributed by atoms with Crippen LogP contribution in [0.2, 0.25) is 0 Å². The Hall–Kier alpha value is -4.48. The molecule has 2 saturated heterocycles.